The number of benzene rings is 1. The van der Waals surface area contributed by atoms with Gasteiger partial charge in [0, 0.05) is 32.6 Å². The highest BCUT2D eigenvalue weighted by molar-refractivity contribution is 7.89. The molecule has 1 aliphatic rings. The van der Waals surface area contributed by atoms with Gasteiger partial charge in [-0.3, -0.25) is 4.79 Å². The number of aromatic nitrogens is 4. The van der Waals surface area contributed by atoms with E-state index in [0.717, 1.165) is 6.42 Å². The number of phenols is 1. The third kappa shape index (κ3) is 3.84. The standard InChI is InChI=1S/C20H26N6O4S/c1-4-5-17-21-13(2)18-20(28)22-19(23-26(17)18)15-12-14(6-7-16(15)27)31(29,30)25-10-8-24(3)9-11-25/h6-7,12,27H,4-5,8-11H2,1-3H3,(H,22,23,28). The Balaban J connectivity index is 1.81. The molecule has 166 valence electrons. The van der Waals surface area contributed by atoms with E-state index in [9.17, 15) is 18.3 Å². The van der Waals surface area contributed by atoms with E-state index in [1.165, 1.54) is 27.0 Å². The second kappa shape index (κ2) is 8.06. The highest BCUT2D eigenvalue weighted by Crippen LogP contribution is 2.30. The van der Waals surface area contributed by atoms with E-state index in [-0.39, 0.29) is 22.0 Å². The lowest BCUT2D eigenvalue weighted by atomic mass is 10.2. The van der Waals surface area contributed by atoms with Gasteiger partial charge in [-0.25, -0.2) is 17.9 Å². The molecule has 0 radical (unpaired) electrons. The van der Waals surface area contributed by atoms with Crippen LogP contribution in [-0.4, -0.2) is 75.5 Å². The van der Waals surface area contributed by atoms with Gasteiger partial charge in [0.2, 0.25) is 10.0 Å². The number of H-pyrrole nitrogens is 1. The quantitative estimate of drug-likeness (QED) is 0.599. The third-order valence-electron chi connectivity index (χ3n) is 5.54. The Morgan fingerprint density at radius 3 is 2.58 bits per heavy atom. The number of sulfonamides is 1. The number of piperazine rings is 1. The molecule has 0 spiro atoms. The average Bonchev–Trinajstić information content (AvgIpc) is 3.04. The topological polar surface area (TPSA) is 124 Å². The molecule has 0 unspecified atom stereocenters. The largest absolute Gasteiger partial charge is 0.507 e. The Kier molecular flexibility index (Phi) is 5.58. The number of rotatable bonds is 5. The Morgan fingerprint density at radius 1 is 1.19 bits per heavy atom. The Hall–Kier alpha value is -2.76. The highest BCUT2D eigenvalue weighted by Gasteiger charge is 2.28. The van der Waals surface area contributed by atoms with Gasteiger partial charge in [-0.15, -0.1) is 5.10 Å². The summed E-state index contributed by atoms with van der Waals surface area (Å²) in [6, 6.07) is 4.04. The van der Waals surface area contributed by atoms with Crippen molar-refractivity contribution in [1.29, 1.82) is 0 Å². The number of hydrogen-bond donors (Lipinski definition) is 2. The summed E-state index contributed by atoms with van der Waals surface area (Å²) in [5.41, 5.74) is 0.652. The number of aromatic hydroxyl groups is 1. The molecule has 4 rings (SSSR count). The van der Waals surface area contributed by atoms with Gasteiger partial charge >= 0.3 is 0 Å². The molecule has 0 aliphatic carbocycles. The van der Waals surface area contributed by atoms with Crippen LogP contribution in [-0.2, 0) is 16.4 Å². The maximum absolute atomic E-state index is 13.1. The lowest BCUT2D eigenvalue weighted by Crippen LogP contribution is -2.47. The second-order valence-electron chi connectivity index (χ2n) is 7.81. The molecule has 2 N–H and O–H groups in total. The number of nitrogens with zero attached hydrogens (tertiary/aromatic N) is 5. The predicted molar refractivity (Wildman–Crippen MR) is 116 cm³/mol. The van der Waals surface area contributed by atoms with E-state index in [1.807, 2.05) is 14.0 Å². The molecule has 2 aromatic heterocycles. The van der Waals surface area contributed by atoms with Crippen LogP contribution in [0.25, 0.3) is 16.9 Å². The van der Waals surface area contributed by atoms with Crippen LogP contribution < -0.4 is 5.56 Å². The lowest BCUT2D eigenvalue weighted by molar-refractivity contribution is 0.222. The summed E-state index contributed by atoms with van der Waals surface area (Å²) >= 11 is 0. The summed E-state index contributed by atoms with van der Waals surface area (Å²) in [5.74, 6) is 0.553. The maximum Gasteiger partial charge on any atom is 0.277 e. The number of hydrogen-bond acceptors (Lipinski definition) is 7. The van der Waals surface area contributed by atoms with Gasteiger partial charge in [0.25, 0.3) is 5.56 Å². The summed E-state index contributed by atoms with van der Waals surface area (Å²) in [6.45, 7) is 5.83. The Bertz CT molecular complexity index is 1290. The molecule has 10 nitrogen and oxygen atoms in total. The van der Waals surface area contributed by atoms with Crippen LogP contribution in [0.2, 0.25) is 0 Å². The monoisotopic (exact) mass is 446 g/mol. The molecule has 0 bridgehead atoms. The van der Waals surface area contributed by atoms with E-state index in [0.29, 0.717) is 49.6 Å². The van der Waals surface area contributed by atoms with Crippen LogP contribution in [0, 0.1) is 6.92 Å². The van der Waals surface area contributed by atoms with E-state index in [2.05, 4.69) is 20.0 Å². The second-order valence-corrected chi connectivity index (χ2v) is 9.75. The van der Waals surface area contributed by atoms with Crippen LogP contribution in [0.5, 0.6) is 5.75 Å². The van der Waals surface area contributed by atoms with E-state index >= 15 is 0 Å². The van der Waals surface area contributed by atoms with E-state index < -0.39 is 15.6 Å². The van der Waals surface area contributed by atoms with Crippen LogP contribution in [0.4, 0.5) is 0 Å². The van der Waals surface area contributed by atoms with E-state index in [4.69, 9.17) is 0 Å². The number of aromatic amines is 1. The van der Waals surface area contributed by atoms with Crippen molar-refractivity contribution in [2.75, 3.05) is 33.2 Å². The zero-order valence-corrected chi connectivity index (χ0v) is 18.6. The van der Waals surface area contributed by atoms with Gasteiger partial charge in [-0.05, 0) is 38.6 Å². The number of phenolic OH excluding ortho intramolecular Hbond substituents is 1. The number of imidazole rings is 1. The minimum atomic E-state index is -3.74. The molecule has 1 aromatic carbocycles. The van der Waals surface area contributed by atoms with Crippen LogP contribution in [0.15, 0.2) is 27.9 Å². The zero-order valence-electron chi connectivity index (χ0n) is 17.8. The summed E-state index contributed by atoms with van der Waals surface area (Å²) in [4.78, 5) is 21.9. The first-order chi connectivity index (χ1) is 14.7. The van der Waals surface area contributed by atoms with Crippen LogP contribution >= 0.6 is 0 Å². The van der Waals surface area contributed by atoms with Crippen molar-refractivity contribution in [1.82, 2.24) is 28.8 Å². The van der Waals surface area contributed by atoms with Gasteiger partial charge in [-0.2, -0.15) is 4.31 Å². The minimum Gasteiger partial charge on any atom is -0.507 e. The van der Waals surface area contributed by atoms with Crippen LogP contribution in [0.3, 0.4) is 0 Å². The fourth-order valence-corrected chi connectivity index (χ4v) is 5.23. The molecule has 3 aromatic rings. The first-order valence-electron chi connectivity index (χ1n) is 10.2. The smallest absolute Gasteiger partial charge is 0.277 e. The van der Waals surface area contributed by atoms with Crippen molar-refractivity contribution in [3.05, 3.63) is 40.1 Å². The fourth-order valence-electron chi connectivity index (χ4n) is 3.79. The van der Waals surface area contributed by atoms with Gasteiger partial charge in [-0.1, -0.05) is 6.92 Å². The van der Waals surface area contributed by atoms with Gasteiger partial charge in [0.15, 0.2) is 11.3 Å². The first-order valence-corrected chi connectivity index (χ1v) is 11.7. The molecular formula is C20H26N6O4S. The molecule has 0 saturated carbocycles. The van der Waals surface area contributed by atoms with Crippen molar-refractivity contribution in [2.24, 2.45) is 0 Å². The molecule has 0 amide bonds. The summed E-state index contributed by atoms with van der Waals surface area (Å²) in [5, 5.41) is 14.9. The first kappa shape index (κ1) is 21.5. The normalized spacial score (nSPS) is 16.2. The Morgan fingerprint density at radius 2 is 1.90 bits per heavy atom. The van der Waals surface area contributed by atoms with Gasteiger partial charge in [0.05, 0.1) is 16.2 Å². The average molecular weight is 447 g/mol. The van der Waals surface area contributed by atoms with Crippen LogP contribution in [0.1, 0.15) is 24.9 Å². The molecule has 3 heterocycles. The Labute approximate surface area is 180 Å². The molecule has 1 saturated heterocycles. The third-order valence-corrected chi connectivity index (χ3v) is 7.43. The zero-order chi connectivity index (χ0) is 22.3. The van der Waals surface area contributed by atoms with Gasteiger partial charge < -0.3 is 15.0 Å². The molecule has 11 heteroatoms. The van der Waals surface area contributed by atoms with E-state index in [1.54, 1.807) is 6.92 Å². The minimum absolute atomic E-state index is 0.0446. The summed E-state index contributed by atoms with van der Waals surface area (Å²) < 4.78 is 29.2. The van der Waals surface area contributed by atoms with Crippen molar-refractivity contribution < 1.29 is 13.5 Å². The number of nitrogens with one attached hydrogen (secondary N) is 1. The SMILES string of the molecule is CCCc1nc(C)c2c(=O)[nH]c(-c3cc(S(=O)(=O)N4CCN(C)CC4)ccc3O)nn12. The van der Waals surface area contributed by atoms with Crippen molar-refractivity contribution in [2.45, 2.75) is 31.6 Å². The van der Waals surface area contributed by atoms with Crippen molar-refractivity contribution in [3.63, 3.8) is 0 Å². The molecule has 0 atom stereocenters. The highest BCUT2D eigenvalue weighted by atomic mass is 32.2. The summed E-state index contributed by atoms with van der Waals surface area (Å²) in [6.07, 6.45) is 1.46. The summed E-state index contributed by atoms with van der Waals surface area (Å²) in [7, 11) is -1.79. The number of likely N-dealkylation sites (N-methyl/N-ethyl adjacent to an activating group) is 1. The van der Waals surface area contributed by atoms with Crippen molar-refractivity contribution in [3.8, 4) is 17.1 Å². The molecular weight excluding hydrogens is 420 g/mol. The number of fused-ring (bicyclic) bond motifs is 1. The van der Waals surface area contributed by atoms with Gasteiger partial charge in [0.1, 0.15) is 11.6 Å². The molecule has 31 heavy (non-hydrogen) atoms. The molecule has 1 fully saturated rings. The van der Waals surface area contributed by atoms with Crippen molar-refractivity contribution >= 4 is 15.5 Å². The lowest BCUT2D eigenvalue weighted by Gasteiger charge is -2.31. The maximum atomic E-state index is 13.1. The predicted octanol–water partition coefficient (Wildman–Crippen LogP) is 0.987. The fraction of sp³-hybridized carbons (Fsp3) is 0.450. The number of aryl methyl sites for hydroxylation is 2. The molecule has 1 aliphatic heterocycles.